The summed E-state index contributed by atoms with van der Waals surface area (Å²) in [6, 6.07) is 24.1. The van der Waals surface area contributed by atoms with E-state index in [0.717, 1.165) is 88.4 Å². The molecule has 14 heteroatoms. The highest BCUT2D eigenvalue weighted by molar-refractivity contribution is 7.14. The molecule has 2 fully saturated rings. The Hall–Kier alpha value is -5.11. The monoisotopic (exact) mass is 1030 g/mol. The van der Waals surface area contributed by atoms with Gasteiger partial charge in [0.1, 0.15) is 5.60 Å². The van der Waals surface area contributed by atoms with Crippen LogP contribution in [0.5, 0.6) is 0 Å². The van der Waals surface area contributed by atoms with Crippen molar-refractivity contribution >= 4 is 63.8 Å². The summed E-state index contributed by atoms with van der Waals surface area (Å²) in [6.45, 7) is 21.2. The van der Waals surface area contributed by atoms with Gasteiger partial charge < -0.3 is 24.8 Å². The van der Waals surface area contributed by atoms with Crippen molar-refractivity contribution in [3.63, 3.8) is 0 Å². The lowest BCUT2D eigenvalue weighted by molar-refractivity contribution is 0.0131. The average molecular weight is 1040 g/mol. The van der Waals surface area contributed by atoms with Crippen LogP contribution in [0.4, 0.5) is 4.79 Å². The van der Waals surface area contributed by atoms with Crippen LogP contribution in [0, 0.1) is 0 Å². The normalized spacial score (nSPS) is 16.5. The molecule has 376 valence electrons. The van der Waals surface area contributed by atoms with Crippen molar-refractivity contribution in [2.45, 2.75) is 117 Å². The van der Waals surface area contributed by atoms with E-state index in [4.69, 9.17) is 27.9 Å². The van der Waals surface area contributed by atoms with Gasteiger partial charge in [-0.3, -0.25) is 19.6 Å². The van der Waals surface area contributed by atoms with Gasteiger partial charge in [-0.05, 0) is 147 Å². The first-order valence-electron chi connectivity index (χ1n) is 24.4. The van der Waals surface area contributed by atoms with Gasteiger partial charge >= 0.3 is 6.09 Å². The van der Waals surface area contributed by atoms with E-state index in [1.165, 1.54) is 4.88 Å². The van der Waals surface area contributed by atoms with Gasteiger partial charge in [0.05, 0.1) is 6.04 Å². The zero-order valence-electron chi connectivity index (χ0n) is 43.0. The summed E-state index contributed by atoms with van der Waals surface area (Å²) in [4.78, 5) is 55.7. The largest absolute Gasteiger partial charge is 0.444 e. The minimum Gasteiger partial charge on any atom is -0.444 e. The number of nitrogens with zero attached hydrogens (tertiary/aromatic N) is 5. The number of nitrogens with one attached hydrogen (secondary N) is 1. The zero-order chi connectivity index (χ0) is 51.4. The van der Waals surface area contributed by atoms with Crippen molar-refractivity contribution in [1.29, 1.82) is 0 Å². The number of hydrogen-bond acceptors (Lipinski definition) is 9. The summed E-state index contributed by atoms with van der Waals surface area (Å²) >= 11 is 16.7. The number of piperidine rings is 2. The number of thiophene rings is 2. The van der Waals surface area contributed by atoms with E-state index in [-0.39, 0.29) is 34.8 Å². The topological polar surface area (TPSA) is 108 Å². The number of halogens is 2. The first-order chi connectivity index (χ1) is 33.5. The van der Waals surface area contributed by atoms with Crippen molar-refractivity contribution in [3.05, 3.63) is 129 Å². The smallest absolute Gasteiger partial charge is 0.410 e. The third kappa shape index (κ3) is 13.5. The molecule has 2 aliphatic rings. The molecule has 2 aromatic carbocycles. The lowest BCUT2D eigenvalue weighted by atomic mass is 9.90. The molecule has 0 radical (unpaired) electrons. The van der Waals surface area contributed by atoms with Crippen molar-refractivity contribution in [1.82, 2.24) is 30.0 Å². The fourth-order valence-corrected chi connectivity index (χ4v) is 11.1. The third-order valence-electron chi connectivity index (χ3n) is 12.9. The number of likely N-dealkylation sites (tertiary alicyclic amines) is 2. The highest BCUT2D eigenvalue weighted by atomic mass is 35.5. The van der Waals surface area contributed by atoms with Gasteiger partial charge in [0.25, 0.3) is 11.8 Å². The lowest BCUT2D eigenvalue weighted by Gasteiger charge is -2.38. The van der Waals surface area contributed by atoms with Crippen LogP contribution in [0.25, 0.3) is 43.1 Å². The second-order valence-electron chi connectivity index (χ2n) is 21.7. The molecule has 1 N–H and O–H groups in total. The van der Waals surface area contributed by atoms with Gasteiger partial charge in [-0.15, -0.1) is 22.7 Å². The number of rotatable bonds is 8. The van der Waals surface area contributed by atoms with E-state index in [1.807, 2.05) is 87.6 Å². The Balaban J connectivity index is 0.000000213. The Bertz CT molecular complexity index is 2860. The molecule has 0 aliphatic carbocycles. The maximum absolute atomic E-state index is 13.4. The molecule has 3 amide bonds. The van der Waals surface area contributed by atoms with Crippen molar-refractivity contribution in [2.75, 3.05) is 40.3 Å². The van der Waals surface area contributed by atoms with E-state index in [0.29, 0.717) is 40.3 Å². The molecule has 0 spiro atoms. The van der Waals surface area contributed by atoms with Crippen molar-refractivity contribution in [3.8, 4) is 43.1 Å². The Labute approximate surface area is 438 Å². The molecule has 2 saturated heterocycles. The summed E-state index contributed by atoms with van der Waals surface area (Å²) < 4.78 is 5.52. The van der Waals surface area contributed by atoms with Crippen LogP contribution >= 0.6 is 45.9 Å². The van der Waals surface area contributed by atoms with Crippen molar-refractivity contribution in [2.24, 2.45) is 0 Å². The molecular weight excluding hydrogens is 968 g/mol. The van der Waals surface area contributed by atoms with Gasteiger partial charge in [0.15, 0.2) is 0 Å². The summed E-state index contributed by atoms with van der Waals surface area (Å²) in [5.74, 6) is -0.0286. The van der Waals surface area contributed by atoms with E-state index >= 15 is 0 Å². The number of carbonyl (C=O) groups is 3. The number of carbonyl (C=O) groups excluding carboxylic acids is 3. The maximum Gasteiger partial charge on any atom is 0.410 e. The number of hydrogen-bond donors (Lipinski definition) is 1. The van der Waals surface area contributed by atoms with Crippen LogP contribution in [0.1, 0.15) is 120 Å². The second kappa shape index (κ2) is 22.3. The van der Waals surface area contributed by atoms with E-state index in [1.54, 1.807) is 45.6 Å². The second-order valence-corrected chi connectivity index (χ2v) is 24.3. The molecule has 6 aromatic rings. The van der Waals surface area contributed by atoms with E-state index in [9.17, 15) is 14.4 Å². The van der Waals surface area contributed by atoms with Gasteiger partial charge in [0.2, 0.25) is 0 Å². The number of benzene rings is 2. The molecule has 6 heterocycles. The molecule has 2 unspecified atom stereocenters. The third-order valence-corrected chi connectivity index (χ3v) is 15.5. The maximum atomic E-state index is 13.4. The number of amides is 3. The van der Waals surface area contributed by atoms with Crippen LogP contribution in [-0.4, -0.2) is 101 Å². The summed E-state index contributed by atoms with van der Waals surface area (Å²) in [6.07, 6.45) is 7.14. The van der Waals surface area contributed by atoms with E-state index in [2.05, 4.69) is 91.9 Å². The summed E-state index contributed by atoms with van der Waals surface area (Å²) in [5, 5.41) is 8.64. The molecule has 10 nitrogen and oxygen atoms in total. The fraction of sp³-hybridized carbons (Fsp3) is 0.421. The number of likely N-dealkylation sites (N-methyl/N-ethyl adjacent to an activating group) is 2. The Kier molecular flexibility index (Phi) is 16.9. The van der Waals surface area contributed by atoms with Crippen LogP contribution in [-0.2, 0) is 15.6 Å². The predicted molar refractivity (Wildman–Crippen MR) is 294 cm³/mol. The minimum absolute atomic E-state index is 0.00332. The fourth-order valence-electron chi connectivity index (χ4n) is 8.71. The van der Waals surface area contributed by atoms with Gasteiger partial charge in [-0.2, -0.15) is 0 Å². The highest BCUT2D eigenvalue weighted by Gasteiger charge is 2.32. The molecule has 0 saturated carbocycles. The summed E-state index contributed by atoms with van der Waals surface area (Å²) in [5.41, 5.74) is 8.94. The van der Waals surface area contributed by atoms with E-state index < -0.39 is 5.60 Å². The first kappa shape index (κ1) is 53.7. The quantitative estimate of drug-likeness (QED) is 0.162. The molecule has 2 aliphatic heterocycles. The zero-order valence-corrected chi connectivity index (χ0v) is 46.1. The standard InChI is InChI=1S/C31H38ClN3O3S.C26H30ClN3OS/c1-30(2,3)27-17-20(12-13-33-27)26-16-22(19-39-26)24-11-10-21(15-25(24)32)28(36)35-14-8-9-23(18-35)34(7)29(37)38-31(4,5)6;1-26(2,3)24-14-17(9-10-29-24)23-13-19(16-32-23)21-8-7-18(12-22(21)27)25(31)30-11-5-6-20(15-30)28-4/h10-13,15-17,19,23H,8-9,14,18H2,1-7H3;7-10,12-14,16,20,28H,5-6,11,15H2,1-4H3. The highest BCUT2D eigenvalue weighted by Crippen LogP contribution is 2.39. The molecule has 71 heavy (non-hydrogen) atoms. The van der Waals surface area contributed by atoms with Gasteiger partial charge in [0, 0.05) is 116 Å². The number of pyridine rings is 2. The average Bonchev–Trinajstić information content (AvgIpc) is 4.04. The van der Waals surface area contributed by atoms with Gasteiger partial charge in [-0.1, -0.05) is 76.9 Å². The SMILES string of the molecule is CN(C(=O)OC(C)(C)C)C1CCCN(C(=O)c2ccc(-c3csc(-c4ccnc(C(C)(C)C)c4)c3)c(Cl)c2)C1.CNC1CCCN(C(=O)c2ccc(-c3csc(-c4ccnc(C(C)(C)C)c4)c3)c(Cl)c2)C1. The summed E-state index contributed by atoms with van der Waals surface area (Å²) in [7, 11) is 3.69. The first-order valence-corrected chi connectivity index (χ1v) is 26.9. The van der Waals surface area contributed by atoms with Crippen LogP contribution in [0.3, 0.4) is 0 Å². The molecule has 4 aromatic heterocycles. The Morgan fingerprint density at radius 1 is 0.648 bits per heavy atom. The Morgan fingerprint density at radius 2 is 1.11 bits per heavy atom. The van der Waals surface area contributed by atoms with Crippen LogP contribution in [0.15, 0.2) is 96.0 Å². The molecule has 8 rings (SSSR count). The minimum atomic E-state index is -0.565. The lowest BCUT2D eigenvalue weighted by Crippen LogP contribution is -2.51. The molecule has 2 atom stereocenters. The Morgan fingerprint density at radius 3 is 1.55 bits per heavy atom. The van der Waals surface area contributed by atoms with Crippen LogP contribution < -0.4 is 5.32 Å². The molecule has 0 bridgehead atoms. The molecular formula is C57H68Cl2N6O4S2. The number of aromatic nitrogens is 2. The number of ether oxygens (including phenoxy) is 1. The van der Waals surface area contributed by atoms with Crippen molar-refractivity contribution < 1.29 is 19.1 Å². The van der Waals surface area contributed by atoms with Crippen LogP contribution in [0.2, 0.25) is 10.0 Å². The predicted octanol–water partition coefficient (Wildman–Crippen LogP) is 14.2. The van der Waals surface area contributed by atoms with Gasteiger partial charge in [-0.25, -0.2) is 4.79 Å².